The summed E-state index contributed by atoms with van der Waals surface area (Å²) in [7, 11) is 3.83. The summed E-state index contributed by atoms with van der Waals surface area (Å²) in [6, 6.07) is 3.53. The van der Waals surface area contributed by atoms with Crippen molar-refractivity contribution in [2.45, 2.75) is 27.2 Å². The van der Waals surface area contributed by atoms with E-state index >= 15 is 0 Å². The summed E-state index contributed by atoms with van der Waals surface area (Å²) < 4.78 is 0. The molecule has 0 aliphatic carbocycles. The highest BCUT2D eigenvalue weighted by Crippen LogP contribution is 2.17. The molecule has 0 fully saturated rings. The molecule has 2 N–H and O–H groups in total. The molecule has 0 saturated carbocycles. The van der Waals surface area contributed by atoms with Crippen molar-refractivity contribution in [2.24, 2.45) is 5.41 Å². The Hall–Kier alpha value is -1.82. The number of nitrogens with zero attached hydrogens (tertiary/aromatic N) is 3. The minimum Gasteiger partial charge on any atom is -0.396 e. The van der Waals surface area contributed by atoms with E-state index < -0.39 is 0 Å². The van der Waals surface area contributed by atoms with Crippen molar-refractivity contribution in [1.29, 1.82) is 0 Å². The van der Waals surface area contributed by atoms with Gasteiger partial charge in [0.15, 0.2) is 0 Å². The predicted molar refractivity (Wildman–Crippen MR) is 90.3 cm³/mol. The molecule has 1 heterocycles. The number of nitrogens with one attached hydrogen (secondary N) is 1. The number of rotatable bonds is 6. The third kappa shape index (κ3) is 6.30. The van der Waals surface area contributed by atoms with Gasteiger partial charge in [0, 0.05) is 33.8 Å². The van der Waals surface area contributed by atoms with E-state index in [0.717, 1.165) is 5.82 Å². The molecule has 1 rings (SSSR count). The molecule has 0 aliphatic rings. The standard InChI is InChI=1S/C16H28N4O2/c1-16(2,3)12-20(9-6-10-21)15(22)18-13-7-8-14(17-11-13)19(4)5/h7-8,11,21H,6,9-10,12H2,1-5H3,(H,18,22). The van der Waals surface area contributed by atoms with Gasteiger partial charge in [-0.3, -0.25) is 0 Å². The van der Waals surface area contributed by atoms with E-state index in [1.807, 2.05) is 31.1 Å². The zero-order chi connectivity index (χ0) is 16.8. The first-order valence-corrected chi connectivity index (χ1v) is 7.53. The summed E-state index contributed by atoms with van der Waals surface area (Å²) in [5.74, 6) is 0.838. The van der Waals surface area contributed by atoms with Gasteiger partial charge in [0.05, 0.1) is 11.9 Å². The smallest absolute Gasteiger partial charge is 0.321 e. The van der Waals surface area contributed by atoms with E-state index in [9.17, 15) is 4.79 Å². The molecule has 1 aromatic heterocycles. The van der Waals surface area contributed by atoms with Crippen LogP contribution in [0.5, 0.6) is 0 Å². The molecule has 0 bridgehead atoms. The molecule has 6 nitrogen and oxygen atoms in total. The lowest BCUT2D eigenvalue weighted by atomic mass is 9.96. The summed E-state index contributed by atoms with van der Waals surface area (Å²) in [5.41, 5.74) is 0.665. The number of hydrogen-bond acceptors (Lipinski definition) is 4. The monoisotopic (exact) mass is 308 g/mol. The zero-order valence-corrected chi connectivity index (χ0v) is 14.3. The molecule has 1 aromatic rings. The lowest BCUT2D eigenvalue weighted by molar-refractivity contribution is 0.176. The Bertz CT molecular complexity index is 466. The average Bonchev–Trinajstić information content (AvgIpc) is 2.42. The minimum absolute atomic E-state index is 0.000173. The Balaban J connectivity index is 2.72. The van der Waals surface area contributed by atoms with Crippen LogP contribution in [0.15, 0.2) is 18.3 Å². The van der Waals surface area contributed by atoms with Crippen LogP contribution >= 0.6 is 0 Å². The molecule has 0 atom stereocenters. The largest absolute Gasteiger partial charge is 0.396 e. The molecular weight excluding hydrogens is 280 g/mol. The third-order valence-corrected chi connectivity index (χ3v) is 3.00. The third-order valence-electron chi connectivity index (χ3n) is 3.00. The van der Waals surface area contributed by atoms with Gasteiger partial charge >= 0.3 is 6.03 Å². The lowest BCUT2D eigenvalue weighted by Gasteiger charge is -2.30. The van der Waals surface area contributed by atoms with Crippen molar-refractivity contribution < 1.29 is 9.90 Å². The molecule has 2 amide bonds. The van der Waals surface area contributed by atoms with Gasteiger partial charge < -0.3 is 20.2 Å². The van der Waals surface area contributed by atoms with Gasteiger partial charge in [-0.15, -0.1) is 0 Å². The molecule has 6 heteroatoms. The normalized spacial score (nSPS) is 11.2. The first-order valence-electron chi connectivity index (χ1n) is 7.53. The van der Waals surface area contributed by atoms with Crippen molar-refractivity contribution in [3.8, 4) is 0 Å². The lowest BCUT2D eigenvalue weighted by Crippen LogP contribution is -2.41. The number of amides is 2. The fraction of sp³-hybridized carbons (Fsp3) is 0.625. The van der Waals surface area contributed by atoms with E-state index in [1.165, 1.54) is 0 Å². The summed E-state index contributed by atoms with van der Waals surface area (Å²) in [6.45, 7) is 7.48. The maximum atomic E-state index is 12.4. The highest BCUT2D eigenvalue weighted by atomic mass is 16.3. The van der Waals surface area contributed by atoms with Crippen molar-refractivity contribution in [1.82, 2.24) is 9.88 Å². The first kappa shape index (κ1) is 18.2. The Labute approximate surface area is 133 Å². The molecule has 0 unspecified atom stereocenters. The van der Waals surface area contributed by atoms with Gasteiger partial charge in [-0.05, 0) is 24.0 Å². The van der Waals surface area contributed by atoms with Crippen LogP contribution in [0.1, 0.15) is 27.2 Å². The van der Waals surface area contributed by atoms with Crippen molar-refractivity contribution in [2.75, 3.05) is 44.0 Å². The van der Waals surface area contributed by atoms with Crippen LogP contribution in [0, 0.1) is 5.41 Å². The molecule has 0 aliphatic heterocycles. The number of pyridine rings is 1. The predicted octanol–water partition coefficient (Wildman–Crippen LogP) is 2.41. The molecule has 124 valence electrons. The van der Waals surface area contributed by atoms with Gasteiger partial charge in [0.2, 0.25) is 0 Å². The van der Waals surface area contributed by atoms with Crippen molar-refractivity contribution in [3.05, 3.63) is 18.3 Å². The molecule has 22 heavy (non-hydrogen) atoms. The Morgan fingerprint density at radius 1 is 1.32 bits per heavy atom. The van der Waals surface area contributed by atoms with Gasteiger partial charge in [0.1, 0.15) is 5.82 Å². The van der Waals surface area contributed by atoms with Crippen LogP contribution in [-0.4, -0.2) is 54.8 Å². The fourth-order valence-electron chi connectivity index (χ4n) is 2.01. The molecule has 0 aromatic carbocycles. The van der Waals surface area contributed by atoms with Crippen LogP contribution in [0.25, 0.3) is 0 Å². The van der Waals surface area contributed by atoms with E-state index in [0.29, 0.717) is 25.2 Å². The molecule has 0 spiro atoms. The number of anilines is 2. The molecule has 0 saturated heterocycles. The Morgan fingerprint density at radius 2 is 2.00 bits per heavy atom. The van der Waals surface area contributed by atoms with E-state index in [4.69, 9.17) is 5.11 Å². The zero-order valence-electron chi connectivity index (χ0n) is 14.3. The average molecular weight is 308 g/mol. The number of carbonyl (C=O) groups excluding carboxylic acids is 1. The number of hydrogen-bond donors (Lipinski definition) is 2. The number of urea groups is 1. The fourth-order valence-corrected chi connectivity index (χ4v) is 2.01. The number of carbonyl (C=O) groups is 1. The maximum Gasteiger partial charge on any atom is 0.321 e. The van der Waals surface area contributed by atoms with Crippen molar-refractivity contribution >= 4 is 17.5 Å². The highest BCUT2D eigenvalue weighted by molar-refractivity contribution is 5.89. The molecular formula is C16H28N4O2. The second-order valence-corrected chi connectivity index (χ2v) is 6.79. The number of aromatic nitrogens is 1. The SMILES string of the molecule is CN(C)c1ccc(NC(=O)N(CCCO)CC(C)(C)C)cn1. The van der Waals surface area contributed by atoms with Crippen LogP contribution < -0.4 is 10.2 Å². The summed E-state index contributed by atoms with van der Waals surface area (Å²) in [6.07, 6.45) is 2.22. The topological polar surface area (TPSA) is 68.7 Å². The quantitative estimate of drug-likeness (QED) is 0.847. The van der Waals surface area contributed by atoms with Crippen LogP contribution in [-0.2, 0) is 0 Å². The summed E-state index contributed by atoms with van der Waals surface area (Å²) in [4.78, 5) is 20.3. The number of aliphatic hydroxyl groups excluding tert-OH is 1. The van der Waals surface area contributed by atoms with Crippen LogP contribution in [0.3, 0.4) is 0 Å². The van der Waals surface area contributed by atoms with Gasteiger partial charge in [-0.1, -0.05) is 20.8 Å². The highest BCUT2D eigenvalue weighted by Gasteiger charge is 2.20. The molecule has 0 radical (unpaired) electrons. The van der Waals surface area contributed by atoms with Gasteiger partial charge in [-0.2, -0.15) is 0 Å². The van der Waals surface area contributed by atoms with E-state index in [1.54, 1.807) is 11.1 Å². The maximum absolute atomic E-state index is 12.4. The van der Waals surface area contributed by atoms with Crippen LogP contribution in [0.2, 0.25) is 0 Å². The summed E-state index contributed by atoms with van der Waals surface area (Å²) in [5, 5.41) is 11.9. The Kier molecular flexibility index (Phi) is 6.61. The van der Waals surface area contributed by atoms with Gasteiger partial charge in [-0.25, -0.2) is 9.78 Å². The Morgan fingerprint density at radius 3 is 2.45 bits per heavy atom. The second kappa shape index (κ2) is 7.98. The summed E-state index contributed by atoms with van der Waals surface area (Å²) >= 11 is 0. The van der Waals surface area contributed by atoms with Gasteiger partial charge in [0.25, 0.3) is 0 Å². The minimum atomic E-state index is -0.164. The van der Waals surface area contributed by atoms with Crippen molar-refractivity contribution in [3.63, 3.8) is 0 Å². The first-order chi connectivity index (χ1) is 10.2. The van der Waals surface area contributed by atoms with Crippen LogP contribution in [0.4, 0.5) is 16.3 Å². The van der Waals surface area contributed by atoms with E-state index in [2.05, 4.69) is 31.1 Å². The van der Waals surface area contributed by atoms with E-state index in [-0.39, 0.29) is 18.1 Å². The number of aliphatic hydroxyl groups is 1. The second-order valence-electron chi connectivity index (χ2n) is 6.79.